The number of methoxy groups -OCH3 is 1. The maximum Gasteiger partial charge on any atom is 0.167 e. The largest absolute Gasteiger partial charge is 0.508 e. The predicted octanol–water partition coefficient (Wildman–Crippen LogP) is -0.236. The molecule has 2 aromatic heterocycles. The van der Waals surface area contributed by atoms with Crippen LogP contribution in [0.2, 0.25) is 0 Å². The molecule has 1 aliphatic heterocycles. The Morgan fingerprint density at radius 1 is 1.21 bits per heavy atom. The van der Waals surface area contributed by atoms with Crippen LogP contribution in [0.15, 0.2) is 30.9 Å². The summed E-state index contributed by atoms with van der Waals surface area (Å²) in [4.78, 5) is 12.7. The maximum atomic E-state index is 10.3. The number of anilines is 1. The molecular weight excluding hydrogens is 382 g/mol. The molecule has 1 aliphatic rings. The highest BCUT2D eigenvalue weighted by Gasteiger charge is 2.44. The zero-order valence-corrected chi connectivity index (χ0v) is 15.5. The lowest BCUT2D eigenvalue weighted by Gasteiger charge is -2.16. The standard InChI is InChI=1S/C18H21N5O6/c1-28-11-3-2-10(25)4-9(11)5-19-16-13-17(21-7-20-16)23(8-22-13)18-15(27)14(26)12(6-24)29-18/h2-4,7-8,12,14-15,18,24-27H,5-6H2,1H3,(H,19,20,21)/t12-,14-,15-,18-/m1/s1. The van der Waals surface area contributed by atoms with Crippen LogP contribution >= 0.6 is 0 Å². The summed E-state index contributed by atoms with van der Waals surface area (Å²) in [5.74, 6) is 1.16. The van der Waals surface area contributed by atoms with Gasteiger partial charge in [-0.25, -0.2) is 15.0 Å². The minimum atomic E-state index is -1.24. The van der Waals surface area contributed by atoms with Crippen LogP contribution in [0.3, 0.4) is 0 Å². The van der Waals surface area contributed by atoms with E-state index in [9.17, 15) is 20.4 Å². The van der Waals surface area contributed by atoms with Crippen LogP contribution in [0.5, 0.6) is 11.5 Å². The minimum Gasteiger partial charge on any atom is -0.508 e. The molecule has 29 heavy (non-hydrogen) atoms. The second-order valence-electron chi connectivity index (χ2n) is 6.62. The highest BCUT2D eigenvalue weighted by atomic mass is 16.6. The first-order valence-corrected chi connectivity index (χ1v) is 8.93. The van der Waals surface area contributed by atoms with Crippen LogP contribution in [0, 0.1) is 0 Å². The molecule has 0 unspecified atom stereocenters. The number of nitrogens with one attached hydrogen (secondary N) is 1. The van der Waals surface area contributed by atoms with Crippen LogP contribution in [0.4, 0.5) is 5.82 Å². The highest BCUT2D eigenvalue weighted by molar-refractivity contribution is 5.82. The van der Waals surface area contributed by atoms with Crippen molar-refractivity contribution in [2.24, 2.45) is 0 Å². The number of nitrogens with zero attached hydrogens (tertiary/aromatic N) is 4. The van der Waals surface area contributed by atoms with Crippen LogP contribution < -0.4 is 10.1 Å². The molecule has 4 rings (SSSR count). The van der Waals surface area contributed by atoms with E-state index in [1.165, 1.54) is 23.3 Å². The van der Waals surface area contributed by atoms with Gasteiger partial charge >= 0.3 is 0 Å². The lowest BCUT2D eigenvalue weighted by molar-refractivity contribution is -0.0511. The molecule has 0 saturated carbocycles. The third-order valence-corrected chi connectivity index (χ3v) is 4.86. The summed E-state index contributed by atoms with van der Waals surface area (Å²) < 4.78 is 12.3. The van der Waals surface area contributed by atoms with Gasteiger partial charge in [0.25, 0.3) is 0 Å². The number of fused-ring (bicyclic) bond motifs is 1. The number of imidazole rings is 1. The van der Waals surface area contributed by atoms with E-state index < -0.39 is 31.1 Å². The van der Waals surface area contributed by atoms with Gasteiger partial charge in [0.1, 0.15) is 36.1 Å². The van der Waals surface area contributed by atoms with Crippen molar-refractivity contribution in [3.8, 4) is 11.5 Å². The SMILES string of the molecule is COc1ccc(O)cc1CNc1ncnc2c1ncn2[C@@H]1O[C@H](CO)[C@@H](O)[C@H]1O. The van der Waals surface area contributed by atoms with Gasteiger partial charge in [0, 0.05) is 12.1 Å². The van der Waals surface area contributed by atoms with Gasteiger partial charge in [-0.05, 0) is 18.2 Å². The van der Waals surface area contributed by atoms with Gasteiger partial charge in [-0.3, -0.25) is 4.57 Å². The fraction of sp³-hybridized carbons (Fsp3) is 0.389. The molecule has 0 amide bonds. The number of hydrogen-bond donors (Lipinski definition) is 5. The molecule has 3 aromatic rings. The van der Waals surface area contributed by atoms with E-state index in [2.05, 4.69) is 20.3 Å². The summed E-state index contributed by atoms with van der Waals surface area (Å²) in [6.45, 7) is -0.112. The number of aliphatic hydroxyl groups is 3. The Morgan fingerprint density at radius 2 is 2.03 bits per heavy atom. The first kappa shape index (κ1) is 19.3. The number of phenols is 1. The summed E-state index contributed by atoms with van der Waals surface area (Å²) in [5.41, 5.74) is 1.55. The van der Waals surface area contributed by atoms with Gasteiger partial charge in [0.05, 0.1) is 20.0 Å². The molecule has 11 heteroatoms. The predicted molar refractivity (Wildman–Crippen MR) is 100 cm³/mol. The van der Waals surface area contributed by atoms with Gasteiger partial charge in [-0.1, -0.05) is 0 Å². The van der Waals surface area contributed by atoms with Gasteiger partial charge in [0.15, 0.2) is 23.2 Å². The summed E-state index contributed by atoms with van der Waals surface area (Å²) in [7, 11) is 1.54. The molecule has 5 N–H and O–H groups in total. The van der Waals surface area contributed by atoms with Gasteiger partial charge in [-0.2, -0.15) is 0 Å². The Morgan fingerprint density at radius 3 is 2.76 bits per heavy atom. The third-order valence-electron chi connectivity index (χ3n) is 4.86. The number of benzene rings is 1. The van der Waals surface area contributed by atoms with E-state index in [4.69, 9.17) is 9.47 Å². The van der Waals surface area contributed by atoms with E-state index in [-0.39, 0.29) is 5.75 Å². The molecule has 3 heterocycles. The summed E-state index contributed by atoms with van der Waals surface area (Å²) in [5, 5.41) is 42.4. The van der Waals surface area contributed by atoms with Crippen molar-refractivity contribution in [1.29, 1.82) is 0 Å². The van der Waals surface area contributed by atoms with E-state index >= 15 is 0 Å². The van der Waals surface area contributed by atoms with Gasteiger partial charge < -0.3 is 35.2 Å². The average molecular weight is 403 g/mol. The number of rotatable bonds is 6. The highest BCUT2D eigenvalue weighted by Crippen LogP contribution is 2.32. The van der Waals surface area contributed by atoms with Gasteiger partial charge in [0.2, 0.25) is 0 Å². The Labute approximate surface area is 165 Å². The van der Waals surface area contributed by atoms with Crippen molar-refractivity contribution in [2.75, 3.05) is 19.0 Å². The van der Waals surface area contributed by atoms with Crippen molar-refractivity contribution >= 4 is 17.0 Å². The van der Waals surface area contributed by atoms with Crippen molar-refractivity contribution in [3.05, 3.63) is 36.4 Å². The zero-order valence-electron chi connectivity index (χ0n) is 15.5. The molecule has 0 spiro atoms. The maximum absolute atomic E-state index is 10.3. The van der Waals surface area contributed by atoms with E-state index in [0.29, 0.717) is 29.3 Å². The van der Waals surface area contributed by atoms with E-state index in [0.717, 1.165) is 5.56 Å². The first-order valence-electron chi connectivity index (χ1n) is 8.93. The molecule has 1 aromatic carbocycles. The number of aromatic hydroxyl groups is 1. The normalized spacial score (nSPS) is 24.1. The molecule has 1 fully saturated rings. The van der Waals surface area contributed by atoms with Crippen LogP contribution in [0.1, 0.15) is 11.8 Å². The van der Waals surface area contributed by atoms with Crippen molar-refractivity contribution in [1.82, 2.24) is 19.5 Å². The molecule has 0 radical (unpaired) electrons. The second-order valence-corrected chi connectivity index (χ2v) is 6.62. The summed E-state index contributed by atoms with van der Waals surface area (Å²) in [6, 6.07) is 4.79. The lowest BCUT2D eigenvalue weighted by atomic mass is 10.1. The molecule has 154 valence electrons. The van der Waals surface area contributed by atoms with Crippen LogP contribution in [0.25, 0.3) is 11.2 Å². The number of ether oxygens (including phenoxy) is 2. The molecular formula is C18H21N5O6. The van der Waals surface area contributed by atoms with Crippen molar-refractivity contribution < 1.29 is 29.9 Å². The monoisotopic (exact) mass is 403 g/mol. The Hall–Kier alpha value is -2.99. The quantitative estimate of drug-likeness (QED) is 0.372. The fourth-order valence-corrected chi connectivity index (χ4v) is 3.36. The third kappa shape index (κ3) is 3.44. The van der Waals surface area contributed by atoms with E-state index in [1.54, 1.807) is 19.2 Å². The Bertz CT molecular complexity index is 1010. The molecule has 1 saturated heterocycles. The molecule has 11 nitrogen and oxygen atoms in total. The Kier molecular flexibility index (Phi) is 5.20. The Balaban J connectivity index is 1.61. The number of phenolic OH excluding ortho intramolecular Hbond substituents is 1. The minimum absolute atomic E-state index is 0.115. The second kappa shape index (κ2) is 7.79. The number of hydrogen-bond acceptors (Lipinski definition) is 10. The molecule has 4 atom stereocenters. The molecule has 0 aliphatic carbocycles. The number of aliphatic hydroxyl groups excluding tert-OH is 3. The van der Waals surface area contributed by atoms with Crippen LogP contribution in [-0.4, -0.2) is 72.0 Å². The zero-order chi connectivity index (χ0) is 20.5. The first-order chi connectivity index (χ1) is 14.0. The summed E-state index contributed by atoms with van der Waals surface area (Å²) in [6.07, 6.45) is -1.54. The topological polar surface area (TPSA) is 155 Å². The summed E-state index contributed by atoms with van der Waals surface area (Å²) >= 11 is 0. The smallest absolute Gasteiger partial charge is 0.167 e. The lowest BCUT2D eigenvalue weighted by Crippen LogP contribution is -2.33. The molecule has 0 bridgehead atoms. The van der Waals surface area contributed by atoms with Crippen molar-refractivity contribution in [2.45, 2.75) is 31.1 Å². The van der Waals surface area contributed by atoms with Crippen molar-refractivity contribution in [3.63, 3.8) is 0 Å². The fourth-order valence-electron chi connectivity index (χ4n) is 3.36. The van der Waals surface area contributed by atoms with Gasteiger partial charge in [-0.15, -0.1) is 0 Å². The number of aromatic nitrogens is 4. The average Bonchev–Trinajstić information content (AvgIpc) is 3.28. The van der Waals surface area contributed by atoms with Crippen LogP contribution in [-0.2, 0) is 11.3 Å². The van der Waals surface area contributed by atoms with E-state index in [1.807, 2.05) is 0 Å².